The van der Waals surface area contributed by atoms with Crippen LogP contribution in [-0.2, 0) is 11.2 Å². The molecule has 0 saturated carbocycles. The summed E-state index contributed by atoms with van der Waals surface area (Å²) in [7, 11) is 0. The maximum atomic E-state index is 11.6. The number of nitrogens with two attached hydrogens (primary N) is 1. The Hall–Kier alpha value is -1.40. The number of nitrogen functional groups attached to an aromatic ring is 1. The standard InChI is InChI=1S/C13H12BrN3OS/c1-7(18)17-3-2-8-4-10(14)9(5-12(8)17)11-6-19-13(15)16-11/h4-6H,2-3H2,1H3,(H2,15,16). The quantitative estimate of drug-likeness (QED) is 0.869. The van der Waals surface area contributed by atoms with E-state index < -0.39 is 0 Å². The molecule has 0 spiro atoms. The van der Waals surface area contributed by atoms with E-state index in [0.29, 0.717) is 5.13 Å². The Morgan fingerprint density at radius 1 is 1.53 bits per heavy atom. The minimum absolute atomic E-state index is 0.0739. The topological polar surface area (TPSA) is 59.2 Å². The highest BCUT2D eigenvalue weighted by atomic mass is 79.9. The highest BCUT2D eigenvalue weighted by Crippen LogP contribution is 2.38. The number of hydrogen-bond donors (Lipinski definition) is 1. The molecule has 98 valence electrons. The molecule has 1 aromatic carbocycles. The molecular formula is C13H12BrN3OS. The van der Waals surface area contributed by atoms with Gasteiger partial charge >= 0.3 is 0 Å². The Morgan fingerprint density at radius 2 is 2.32 bits per heavy atom. The van der Waals surface area contributed by atoms with Crippen LogP contribution in [0.25, 0.3) is 11.3 Å². The molecule has 1 aliphatic rings. The lowest BCUT2D eigenvalue weighted by Crippen LogP contribution is -2.25. The fourth-order valence-corrected chi connectivity index (χ4v) is 3.50. The van der Waals surface area contributed by atoms with Crippen molar-refractivity contribution < 1.29 is 4.79 Å². The van der Waals surface area contributed by atoms with Crippen molar-refractivity contribution in [2.75, 3.05) is 17.2 Å². The fourth-order valence-electron chi connectivity index (χ4n) is 2.34. The van der Waals surface area contributed by atoms with E-state index in [1.165, 1.54) is 16.9 Å². The molecule has 0 atom stereocenters. The van der Waals surface area contributed by atoms with Gasteiger partial charge in [0.15, 0.2) is 5.13 Å². The minimum Gasteiger partial charge on any atom is -0.375 e. The van der Waals surface area contributed by atoms with E-state index in [4.69, 9.17) is 5.73 Å². The summed E-state index contributed by atoms with van der Waals surface area (Å²) in [4.78, 5) is 17.7. The molecule has 4 nitrogen and oxygen atoms in total. The molecule has 2 heterocycles. The number of thiazole rings is 1. The van der Waals surface area contributed by atoms with Crippen LogP contribution in [0.15, 0.2) is 22.0 Å². The van der Waals surface area contributed by atoms with E-state index in [-0.39, 0.29) is 5.91 Å². The molecule has 0 bridgehead atoms. The molecule has 0 radical (unpaired) electrons. The number of amides is 1. The SMILES string of the molecule is CC(=O)N1CCc2cc(Br)c(-c3csc(N)n3)cc21. The van der Waals surface area contributed by atoms with E-state index in [9.17, 15) is 4.79 Å². The summed E-state index contributed by atoms with van der Waals surface area (Å²) in [5.74, 6) is 0.0739. The lowest BCUT2D eigenvalue weighted by atomic mass is 10.1. The monoisotopic (exact) mass is 337 g/mol. The van der Waals surface area contributed by atoms with Gasteiger partial charge in [0, 0.05) is 34.6 Å². The second-order valence-corrected chi connectivity index (χ2v) is 6.20. The van der Waals surface area contributed by atoms with Gasteiger partial charge in [0.05, 0.1) is 5.69 Å². The number of anilines is 2. The van der Waals surface area contributed by atoms with E-state index in [0.717, 1.165) is 34.4 Å². The average molecular weight is 338 g/mol. The maximum absolute atomic E-state index is 11.6. The molecule has 3 rings (SSSR count). The smallest absolute Gasteiger partial charge is 0.223 e. The van der Waals surface area contributed by atoms with Gasteiger partial charge in [-0.25, -0.2) is 4.98 Å². The highest BCUT2D eigenvalue weighted by molar-refractivity contribution is 9.10. The number of fused-ring (bicyclic) bond motifs is 1. The zero-order chi connectivity index (χ0) is 13.6. The number of rotatable bonds is 1. The van der Waals surface area contributed by atoms with Gasteiger partial charge in [-0.05, 0) is 24.1 Å². The first-order valence-corrected chi connectivity index (χ1v) is 7.55. The largest absolute Gasteiger partial charge is 0.375 e. The van der Waals surface area contributed by atoms with Crippen molar-refractivity contribution in [3.63, 3.8) is 0 Å². The van der Waals surface area contributed by atoms with Crippen LogP contribution in [0, 0.1) is 0 Å². The first kappa shape index (κ1) is 12.6. The molecule has 0 fully saturated rings. The second-order valence-electron chi connectivity index (χ2n) is 4.45. The molecule has 0 saturated heterocycles. The molecule has 19 heavy (non-hydrogen) atoms. The third-order valence-corrected chi connectivity index (χ3v) is 4.57. The van der Waals surface area contributed by atoms with Gasteiger partial charge in [0.25, 0.3) is 0 Å². The summed E-state index contributed by atoms with van der Waals surface area (Å²) < 4.78 is 0.988. The van der Waals surface area contributed by atoms with Crippen molar-refractivity contribution in [2.45, 2.75) is 13.3 Å². The van der Waals surface area contributed by atoms with Gasteiger partial charge in [-0.2, -0.15) is 0 Å². The summed E-state index contributed by atoms with van der Waals surface area (Å²) >= 11 is 4.99. The van der Waals surface area contributed by atoms with Crippen LogP contribution in [0.4, 0.5) is 10.8 Å². The molecule has 2 aromatic rings. The van der Waals surface area contributed by atoms with Crippen LogP contribution in [0.3, 0.4) is 0 Å². The number of halogens is 1. The third kappa shape index (κ3) is 2.15. The Bertz CT molecular complexity index is 668. The van der Waals surface area contributed by atoms with E-state index in [1.54, 1.807) is 11.8 Å². The maximum Gasteiger partial charge on any atom is 0.223 e. The second kappa shape index (κ2) is 4.61. The van der Waals surface area contributed by atoms with E-state index in [2.05, 4.69) is 27.0 Å². The van der Waals surface area contributed by atoms with Gasteiger partial charge in [0.2, 0.25) is 5.91 Å². The first-order chi connectivity index (χ1) is 9.06. The van der Waals surface area contributed by atoms with Gasteiger partial charge in [-0.1, -0.05) is 15.9 Å². The van der Waals surface area contributed by atoms with Crippen molar-refractivity contribution in [3.05, 3.63) is 27.5 Å². The molecule has 1 aliphatic heterocycles. The highest BCUT2D eigenvalue weighted by Gasteiger charge is 2.24. The summed E-state index contributed by atoms with van der Waals surface area (Å²) in [6.45, 7) is 2.34. The molecule has 0 aliphatic carbocycles. The summed E-state index contributed by atoms with van der Waals surface area (Å²) in [6.07, 6.45) is 0.896. The number of nitrogens with zero attached hydrogens (tertiary/aromatic N) is 2. The Kier molecular flexibility index (Phi) is 3.06. The Morgan fingerprint density at radius 3 is 2.95 bits per heavy atom. The summed E-state index contributed by atoms with van der Waals surface area (Å²) in [5.41, 5.74) is 9.67. The number of carbonyl (C=O) groups excluding carboxylic acids is 1. The predicted octanol–water partition coefficient (Wildman–Crippen LogP) is 3.06. The van der Waals surface area contributed by atoms with Gasteiger partial charge in [0.1, 0.15) is 0 Å². The molecule has 6 heteroatoms. The van der Waals surface area contributed by atoms with Gasteiger partial charge in [-0.3, -0.25) is 4.79 Å². The molecule has 0 unspecified atom stereocenters. The number of hydrogen-bond acceptors (Lipinski definition) is 4. The number of carbonyl (C=O) groups is 1. The average Bonchev–Trinajstić information content (AvgIpc) is 2.93. The van der Waals surface area contributed by atoms with Gasteiger partial charge in [-0.15, -0.1) is 11.3 Å². The normalized spacial score (nSPS) is 13.7. The Balaban J connectivity index is 2.13. The van der Waals surface area contributed by atoms with Crippen LogP contribution in [0.2, 0.25) is 0 Å². The minimum atomic E-state index is 0.0739. The lowest BCUT2D eigenvalue weighted by molar-refractivity contribution is -0.116. The summed E-state index contributed by atoms with van der Waals surface area (Å²) in [6, 6.07) is 4.09. The number of aromatic nitrogens is 1. The first-order valence-electron chi connectivity index (χ1n) is 5.88. The van der Waals surface area contributed by atoms with Crippen molar-refractivity contribution in [1.29, 1.82) is 0 Å². The van der Waals surface area contributed by atoms with Crippen LogP contribution >= 0.6 is 27.3 Å². The predicted molar refractivity (Wildman–Crippen MR) is 81.4 cm³/mol. The Labute approximate surface area is 123 Å². The zero-order valence-corrected chi connectivity index (χ0v) is 12.7. The van der Waals surface area contributed by atoms with Crippen LogP contribution < -0.4 is 10.6 Å². The van der Waals surface area contributed by atoms with Gasteiger partial charge < -0.3 is 10.6 Å². The van der Waals surface area contributed by atoms with Crippen molar-refractivity contribution in [2.24, 2.45) is 0 Å². The van der Waals surface area contributed by atoms with E-state index >= 15 is 0 Å². The van der Waals surface area contributed by atoms with Crippen LogP contribution in [-0.4, -0.2) is 17.4 Å². The van der Waals surface area contributed by atoms with Crippen molar-refractivity contribution in [1.82, 2.24) is 4.98 Å². The number of benzene rings is 1. The summed E-state index contributed by atoms with van der Waals surface area (Å²) in [5, 5.41) is 2.47. The van der Waals surface area contributed by atoms with E-state index in [1.807, 2.05) is 11.4 Å². The fraction of sp³-hybridized carbons (Fsp3) is 0.231. The van der Waals surface area contributed by atoms with Crippen LogP contribution in [0.1, 0.15) is 12.5 Å². The molecule has 1 aromatic heterocycles. The van der Waals surface area contributed by atoms with Crippen LogP contribution in [0.5, 0.6) is 0 Å². The zero-order valence-electron chi connectivity index (χ0n) is 10.3. The third-order valence-electron chi connectivity index (χ3n) is 3.24. The molecule has 2 N–H and O–H groups in total. The molecule has 1 amide bonds. The van der Waals surface area contributed by atoms with Crippen molar-refractivity contribution >= 4 is 44.0 Å². The molecular weight excluding hydrogens is 326 g/mol. The lowest BCUT2D eigenvalue weighted by Gasteiger charge is -2.16. The van der Waals surface area contributed by atoms with Crippen molar-refractivity contribution in [3.8, 4) is 11.3 Å².